The summed E-state index contributed by atoms with van der Waals surface area (Å²) >= 11 is 14.0. The second-order valence-electron chi connectivity index (χ2n) is 4.50. The standard InChI is InChI=1S/C16H14Cl2INO3/c1-3-23-15-12(19)6-9(7-14(15)22-2)16(21)20-13-5-4-10(17)8-11(13)18/h4-8H,3H2,1-2H3,(H,20,21). The summed E-state index contributed by atoms with van der Waals surface area (Å²) in [5.74, 6) is 0.830. The first kappa shape index (κ1) is 18.2. The summed E-state index contributed by atoms with van der Waals surface area (Å²) in [6.45, 7) is 2.40. The maximum atomic E-state index is 12.4. The van der Waals surface area contributed by atoms with Crippen LogP contribution in [0.3, 0.4) is 0 Å². The van der Waals surface area contributed by atoms with Crippen LogP contribution in [0.5, 0.6) is 11.5 Å². The Morgan fingerprint density at radius 3 is 2.61 bits per heavy atom. The predicted molar refractivity (Wildman–Crippen MR) is 101 cm³/mol. The van der Waals surface area contributed by atoms with Crippen LogP contribution in [0.25, 0.3) is 0 Å². The van der Waals surface area contributed by atoms with Crippen LogP contribution in [0.2, 0.25) is 10.0 Å². The van der Waals surface area contributed by atoms with Crippen molar-refractivity contribution >= 4 is 57.4 Å². The largest absolute Gasteiger partial charge is 0.493 e. The van der Waals surface area contributed by atoms with E-state index in [1.165, 1.54) is 7.11 Å². The number of anilines is 1. The molecular formula is C16H14Cl2INO3. The van der Waals surface area contributed by atoms with Gasteiger partial charge < -0.3 is 14.8 Å². The monoisotopic (exact) mass is 465 g/mol. The SMILES string of the molecule is CCOc1c(I)cc(C(=O)Nc2ccc(Cl)cc2Cl)cc1OC. The van der Waals surface area contributed by atoms with Gasteiger partial charge in [-0.3, -0.25) is 4.79 Å². The molecule has 0 bridgehead atoms. The van der Waals surface area contributed by atoms with Gasteiger partial charge >= 0.3 is 0 Å². The predicted octanol–water partition coefficient (Wildman–Crippen LogP) is 5.26. The summed E-state index contributed by atoms with van der Waals surface area (Å²) in [5, 5.41) is 3.63. The summed E-state index contributed by atoms with van der Waals surface area (Å²) in [6, 6.07) is 8.24. The highest BCUT2D eigenvalue weighted by Gasteiger charge is 2.16. The summed E-state index contributed by atoms with van der Waals surface area (Å²) in [7, 11) is 1.53. The Labute approximate surface area is 158 Å². The van der Waals surface area contributed by atoms with Crippen molar-refractivity contribution in [1.29, 1.82) is 0 Å². The van der Waals surface area contributed by atoms with Gasteiger partial charge in [0, 0.05) is 10.6 Å². The molecule has 122 valence electrons. The number of rotatable bonds is 5. The van der Waals surface area contributed by atoms with E-state index in [9.17, 15) is 4.79 Å². The molecule has 0 saturated heterocycles. The number of hydrogen-bond donors (Lipinski definition) is 1. The van der Waals surface area contributed by atoms with Gasteiger partial charge in [0.15, 0.2) is 11.5 Å². The van der Waals surface area contributed by atoms with Crippen molar-refractivity contribution in [1.82, 2.24) is 0 Å². The van der Waals surface area contributed by atoms with E-state index < -0.39 is 0 Å². The minimum absolute atomic E-state index is 0.298. The van der Waals surface area contributed by atoms with Gasteiger partial charge in [0.2, 0.25) is 0 Å². The lowest BCUT2D eigenvalue weighted by Crippen LogP contribution is -2.13. The average molecular weight is 466 g/mol. The molecular weight excluding hydrogens is 452 g/mol. The molecule has 2 aromatic carbocycles. The van der Waals surface area contributed by atoms with Crippen LogP contribution in [0.1, 0.15) is 17.3 Å². The lowest BCUT2D eigenvalue weighted by molar-refractivity contribution is 0.102. The molecule has 23 heavy (non-hydrogen) atoms. The number of carbonyl (C=O) groups is 1. The van der Waals surface area contributed by atoms with Gasteiger partial charge in [0.05, 0.1) is 28.0 Å². The van der Waals surface area contributed by atoms with Crippen molar-refractivity contribution in [3.05, 3.63) is 49.5 Å². The lowest BCUT2D eigenvalue weighted by Gasteiger charge is -2.14. The third-order valence-corrected chi connectivity index (χ3v) is 4.31. The third-order valence-electron chi connectivity index (χ3n) is 2.96. The molecule has 0 aliphatic rings. The maximum Gasteiger partial charge on any atom is 0.255 e. The zero-order valence-corrected chi connectivity index (χ0v) is 16.1. The topological polar surface area (TPSA) is 47.6 Å². The van der Waals surface area contributed by atoms with Crippen LogP contribution in [0.15, 0.2) is 30.3 Å². The van der Waals surface area contributed by atoms with E-state index >= 15 is 0 Å². The highest BCUT2D eigenvalue weighted by atomic mass is 127. The zero-order chi connectivity index (χ0) is 17.0. The zero-order valence-electron chi connectivity index (χ0n) is 12.5. The minimum Gasteiger partial charge on any atom is -0.493 e. The van der Waals surface area contributed by atoms with Crippen molar-refractivity contribution in [3.63, 3.8) is 0 Å². The van der Waals surface area contributed by atoms with Crippen molar-refractivity contribution in [2.45, 2.75) is 6.92 Å². The first-order valence-electron chi connectivity index (χ1n) is 6.73. The first-order valence-corrected chi connectivity index (χ1v) is 8.56. The number of halogens is 3. The molecule has 0 heterocycles. The molecule has 4 nitrogen and oxygen atoms in total. The van der Waals surface area contributed by atoms with Crippen LogP contribution < -0.4 is 14.8 Å². The molecule has 0 fully saturated rings. The molecule has 0 aromatic heterocycles. The molecule has 0 unspecified atom stereocenters. The van der Waals surface area contributed by atoms with E-state index in [0.29, 0.717) is 39.4 Å². The van der Waals surface area contributed by atoms with Crippen LogP contribution in [0, 0.1) is 3.57 Å². The minimum atomic E-state index is -0.298. The van der Waals surface area contributed by atoms with Crippen molar-refractivity contribution in [2.75, 3.05) is 19.0 Å². The van der Waals surface area contributed by atoms with E-state index in [1.807, 2.05) is 6.92 Å². The molecule has 0 aliphatic heterocycles. The Kier molecular flexibility index (Phi) is 6.38. The summed E-state index contributed by atoms with van der Waals surface area (Å²) in [5.41, 5.74) is 0.935. The average Bonchev–Trinajstić information content (AvgIpc) is 2.51. The van der Waals surface area contributed by atoms with Gasteiger partial charge in [-0.05, 0) is 59.8 Å². The Morgan fingerprint density at radius 1 is 1.26 bits per heavy atom. The first-order chi connectivity index (χ1) is 11.0. The smallest absolute Gasteiger partial charge is 0.255 e. The van der Waals surface area contributed by atoms with Crippen LogP contribution in [-0.2, 0) is 0 Å². The Morgan fingerprint density at radius 2 is 2.00 bits per heavy atom. The second-order valence-corrected chi connectivity index (χ2v) is 6.51. The number of benzene rings is 2. The third kappa shape index (κ3) is 4.43. The molecule has 2 aromatic rings. The number of ether oxygens (including phenoxy) is 2. The number of amides is 1. The maximum absolute atomic E-state index is 12.4. The van der Waals surface area contributed by atoms with E-state index in [0.717, 1.165) is 3.57 Å². The fraction of sp³-hybridized carbons (Fsp3) is 0.188. The van der Waals surface area contributed by atoms with Crippen molar-refractivity contribution in [3.8, 4) is 11.5 Å². The molecule has 0 atom stereocenters. The van der Waals surface area contributed by atoms with Gasteiger partial charge in [0.1, 0.15) is 0 Å². The van der Waals surface area contributed by atoms with Crippen molar-refractivity contribution in [2.24, 2.45) is 0 Å². The normalized spacial score (nSPS) is 10.3. The second kappa shape index (κ2) is 8.08. The fourth-order valence-electron chi connectivity index (χ4n) is 1.92. The fourth-order valence-corrected chi connectivity index (χ4v) is 3.13. The van der Waals surface area contributed by atoms with Crippen LogP contribution in [-0.4, -0.2) is 19.6 Å². The van der Waals surface area contributed by atoms with E-state index in [2.05, 4.69) is 27.9 Å². The van der Waals surface area contributed by atoms with Crippen molar-refractivity contribution < 1.29 is 14.3 Å². The van der Waals surface area contributed by atoms with Gasteiger partial charge in [-0.1, -0.05) is 23.2 Å². The summed E-state index contributed by atoms with van der Waals surface area (Å²) in [6.07, 6.45) is 0. The number of nitrogens with one attached hydrogen (secondary N) is 1. The summed E-state index contributed by atoms with van der Waals surface area (Å²) in [4.78, 5) is 12.4. The van der Waals surface area contributed by atoms with E-state index in [4.69, 9.17) is 32.7 Å². The van der Waals surface area contributed by atoms with E-state index in [1.54, 1.807) is 30.3 Å². The number of carbonyl (C=O) groups excluding carboxylic acids is 1. The molecule has 0 aliphatic carbocycles. The van der Waals surface area contributed by atoms with Gasteiger partial charge in [-0.25, -0.2) is 0 Å². The van der Waals surface area contributed by atoms with Gasteiger partial charge in [-0.2, -0.15) is 0 Å². The highest BCUT2D eigenvalue weighted by molar-refractivity contribution is 14.1. The summed E-state index contributed by atoms with van der Waals surface area (Å²) < 4.78 is 11.6. The number of hydrogen-bond acceptors (Lipinski definition) is 3. The molecule has 2 rings (SSSR count). The molecule has 1 amide bonds. The molecule has 0 saturated carbocycles. The van der Waals surface area contributed by atoms with Gasteiger partial charge in [0.25, 0.3) is 5.91 Å². The lowest BCUT2D eigenvalue weighted by atomic mass is 10.2. The molecule has 7 heteroatoms. The Balaban J connectivity index is 2.30. The quantitative estimate of drug-likeness (QED) is 0.613. The Bertz CT molecular complexity index is 738. The number of methoxy groups -OCH3 is 1. The highest BCUT2D eigenvalue weighted by Crippen LogP contribution is 2.34. The molecule has 0 radical (unpaired) electrons. The van der Waals surface area contributed by atoms with Crippen LogP contribution >= 0.6 is 45.8 Å². The van der Waals surface area contributed by atoms with E-state index in [-0.39, 0.29) is 5.91 Å². The van der Waals surface area contributed by atoms with Crippen LogP contribution in [0.4, 0.5) is 5.69 Å². The molecule has 1 N–H and O–H groups in total. The van der Waals surface area contributed by atoms with Gasteiger partial charge in [-0.15, -0.1) is 0 Å². The Hall–Kier alpha value is -1.18. The molecule has 0 spiro atoms.